The van der Waals surface area contributed by atoms with Gasteiger partial charge < -0.3 is 15.2 Å². The van der Waals surface area contributed by atoms with E-state index in [9.17, 15) is 9.90 Å². The van der Waals surface area contributed by atoms with Crippen molar-refractivity contribution in [3.63, 3.8) is 0 Å². The molecule has 0 radical (unpaired) electrons. The second kappa shape index (κ2) is 4.94. The van der Waals surface area contributed by atoms with E-state index in [-0.39, 0.29) is 13.2 Å². The maximum Gasteiger partial charge on any atom is 0.318 e. The van der Waals surface area contributed by atoms with Crippen molar-refractivity contribution < 1.29 is 14.6 Å². The van der Waals surface area contributed by atoms with Crippen LogP contribution in [0.25, 0.3) is 0 Å². The van der Waals surface area contributed by atoms with Gasteiger partial charge in [-0.05, 0) is 43.0 Å². The first kappa shape index (κ1) is 12.6. The standard InChI is InChI=1S/C15H19NO3/c17-14(18)15(9-19-10-15)13-3-1-2-12(8-13)11-4-6-16-7-5-11/h1-3,8,11,16H,4-7,9-10H2,(H,17,18). The zero-order valence-corrected chi connectivity index (χ0v) is 10.9. The number of benzene rings is 1. The van der Waals surface area contributed by atoms with Gasteiger partial charge in [-0.15, -0.1) is 0 Å². The molecule has 0 aromatic heterocycles. The van der Waals surface area contributed by atoms with E-state index in [4.69, 9.17) is 4.74 Å². The monoisotopic (exact) mass is 261 g/mol. The molecule has 0 aliphatic carbocycles. The molecule has 2 N–H and O–H groups in total. The van der Waals surface area contributed by atoms with Crippen molar-refractivity contribution in [1.29, 1.82) is 0 Å². The van der Waals surface area contributed by atoms with Crippen LogP contribution in [0.3, 0.4) is 0 Å². The van der Waals surface area contributed by atoms with E-state index in [0.29, 0.717) is 5.92 Å². The van der Waals surface area contributed by atoms with Gasteiger partial charge in [-0.25, -0.2) is 0 Å². The number of nitrogens with one attached hydrogen (secondary N) is 1. The van der Waals surface area contributed by atoms with E-state index >= 15 is 0 Å². The normalized spacial score (nSPS) is 22.7. The number of piperidine rings is 1. The van der Waals surface area contributed by atoms with Gasteiger partial charge in [0.05, 0.1) is 13.2 Å². The van der Waals surface area contributed by atoms with Crippen molar-refractivity contribution in [1.82, 2.24) is 5.32 Å². The van der Waals surface area contributed by atoms with Gasteiger partial charge in [-0.2, -0.15) is 0 Å². The summed E-state index contributed by atoms with van der Waals surface area (Å²) in [6.45, 7) is 2.67. The van der Waals surface area contributed by atoms with Crippen molar-refractivity contribution in [2.45, 2.75) is 24.2 Å². The molecule has 102 valence electrons. The molecule has 2 fully saturated rings. The molecule has 4 heteroatoms. The minimum Gasteiger partial charge on any atom is -0.480 e. The number of hydrogen-bond acceptors (Lipinski definition) is 3. The lowest BCUT2D eigenvalue weighted by atomic mass is 9.77. The van der Waals surface area contributed by atoms with Crippen molar-refractivity contribution in [3.8, 4) is 0 Å². The number of aliphatic carboxylic acids is 1. The lowest BCUT2D eigenvalue weighted by Gasteiger charge is -2.38. The molecule has 4 nitrogen and oxygen atoms in total. The first-order valence-corrected chi connectivity index (χ1v) is 6.85. The second-order valence-electron chi connectivity index (χ2n) is 5.53. The third-order valence-electron chi connectivity index (χ3n) is 4.36. The van der Waals surface area contributed by atoms with E-state index in [0.717, 1.165) is 31.5 Å². The van der Waals surface area contributed by atoms with Crippen molar-refractivity contribution in [3.05, 3.63) is 35.4 Å². The first-order valence-electron chi connectivity index (χ1n) is 6.85. The Bertz CT molecular complexity index is 476. The van der Waals surface area contributed by atoms with Crippen LogP contribution in [0.5, 0.6) is 0 Å². The van der Waals surface area contributed by atoms with Crippen molar-refractivity contribution >= 4 is 5.97 Å². The number of hydrogen-bond donors (Lipinski definition) is 2. The minimum absolute atomic E-state index is 0.290. The second-order valence-corrected chi connectivity index (χ2v) is 5.53. The number of carboxylic acid groups (broad SMARTS) is 1. The largest absolute Gasteiger partial charge is 0.480 e. The van der Waals surface area contributed by atoms with Gasteiger partial charge in [-0.3, -0.25) is 4.79 Å². The molecule has 2 aliphatic rings. The van der Waals surface area contributed by atoms with E-state index in [1.54, 1.807) is 0 Å². The Kier molecular flexibility index (Phi) is 3.29. The number of carbonyl (C=O) groups is 1. The summed E-state index contributed by atoms with van der Waals surface area (Å²) in [7, 11) is 0. The third-order valence-corrected chi connectivity index (χ3v) is 4.36. The van der Waals surface area contributed by atoms with Crippen LogP contribution in [0, 0.1) is 0 Å². The highest BCUT2D eigenvalue weighted by atomic mass is 16.5. The van der Waals surface area contributed by atoms with Crippen LogP contribution in [0.4, 0.5) is 0 Å². The van der Waals surface area contributed by atoms with E-state index < -0.39 is 11.4 Å². The highest BCUT2D eigenvalue weighted by Crippen LogP contribution is 2.35. The molecule has 2 saturated heterocycles. The first-order chi connectivity index (χ1) is 9.22. The zero-order valence-electron chi connectivity index (χ0n) is 10.9. The fourth-order valence-corrected chi connectivity index (χ4v) is 2.97. The predicted octanol–water partition coefficient (Wildman–Crippen LogP) is 1.51. The number of carboxylic acids is 1. The maximum atomic E-state index is 11.5. The van der Waals surface area contributed by atoms with Gasteiger partial charge >= 0.3 is 5.97 Å². The molecule has 1 aromatic carbocycles. The Labute approximate surface area is 112 Å². The van der Waals surface area contributed by atoms with Crippen LogP contribution in [0.2, 0.25) is 0 Å². The maximum absolute atomic E-state index is 11.5. The molecule has 19 heavy (non-hydrogen) atoms. The molecular formula is C15H19NO3. The third kappa shape index (κ3) is 2.15. The summed E-state index contributed by atoms with van der Waals surface area (Å²) in [5.41, 5.74) is 1.34. The Morgan fingerprint density at radius 3 is 2.63 bits per heavy atom. The molecule has 0 atom stereocenters. The summed E-state index contributed by atoms with van der Waals surface area (Å²) >= 11 is 0. The van der Waals surface area contributed by atoms with Crippen LogP contribution in [-0.4, -0.2) is 37.4 Å². The fourth-order valence-electron chi connectivity index (χ4n) is 2.97. The molecule has 0 unspecified atom stereocenters. The fraction of sp³-hybridized carbons (Fsp3) is 0.533. The van der Waals surface area contributed by atoms with E-state index in [1.165, 1.54) is 5.56 Å². The van der Waals surface area contributed by atoms with E-state index in [1.807, 2.05) is 12.1 Å². The summed E-state index contributed by atoms with van der Waals surface area (Å²) in [6, 6.07) is 8.10. The SMILES string of the molecule is O=C(O)C1(c2cccc(C3CCNCC3)c2)COC1. The van der Waals surface area contributed by atoms with E-state index in [2.05, 4.69) is 17.4 Å². The Morgan fingerprint density at radius 1 is 1.32 bits per heavy atom. The Balaban J connectivity index is 1.89. The highest BCUT2D eigenvalue weighted by molar-refractivity contribution is 5.83. The average molecular weight is 261 g/mol. The molecule has 0 saturated carbocycles. The minimum atomic E-state index is -0.817. The predicted molar refractivity (Wildman–Crippen MR) is 71.4 cm³/mol. The summed E-state index contributed by atoms with van der Waals surface area (Å²) in [5, 5.41) is 12.8. The summed E-state index contributed by atoms with van der Waals surface area (Å²) in [5.74, 6) is -0.228. The number of ether oxygens (including phenoxy) is 1. The van der Waals surface area contributed by atoms with Gasteiger partial charge in [-0.1, -0.05) is 24.3 Å². The van der Waals surface area contributed by atoms with Crippen LogP contribution in [-0.2, 0) is 14.9 Å². The quantitative estimate of drug-likeness (QED) is 0.866. The smallest absolute Gasteiger partial charge is 0.318 e. The molecule has 0 spiro atoms. The Hall–Kier alpha value is -1.39. The van der Waals surface area contributed by atoms with Gasteiger partial charge in [0.1, 0.15) is 5.41 Å². The summed E-state index contributed by atoms with van der Waals surface area (Å²) in [6.07, 6.45) is 2.25. The van der Waals surface area contributed by atoms with Crippen molar-refractivity contribution in [2.75, 3.05) is 26.3 Å². The van der Waals surface area contributed by atoms with Gasteiger partial charge in [0.25, 0.3) is 0 Å². The zero-order chi connectivity index (χ0) is 13.3. The molecule has 0 amide bonds. The van der Waals surface area contributed by atoms with Crippen molar-refractivity contribution in [2.24, 2.45) is 0 Å². The van der Waals surface area contributed by atoms with Crippen LogP contribution in [0.1, 0.15) is 29.9 Å². The lowest BCUT2D eigenvalue weighted by Crippen LogP contribution is -2.53. The molecule has 0 bridgehead atoms. The topological polar surface area (TPSA) is 58.6 Å². The van der Waals surface area contributed by atoms with Gasteiger partial charge in [0, 0.05) is 0 Å². The molecule has 3 rings (SSSR count). The molecular weight excluding hydrogens is 242 g/mol. The van der Waals surface area contributed by atoms with Crippen LogP contribution < -0.4 is 5.32 Å². The van der Waals surface area contributed by atoms with Gasteiger partial charge in [0.2, 0.25) is 0 Å². The van der Waals surface area contributed by atoms with Crippen LogP contribution >= 0.6 is 0 Å². The van der Waals surface area contributed by atoms with Crippen LogP contribution in [0.15, 0.2) is 24.3 Å². The molecule has 2 aliphatic heterocycles. The highest BCUT2D eigenvalue weighted by Gasteiger charge is 2.48. The molecule has 2 heterocycles. The summed E-state index contributed by atoms with van der Waals surface area (Å²) < 4.78 is 5.15. The van der Waals surface area contributed by atoms with Gasteiger partial charge in [0.15, 0.2) is 0 Å². The molecule has 1 aromatic rings. The number of rotatable bonds is 3. The average Bonchev–Trinajstić information content (AvgIpc) is 2.38. The summed E-state index contributed by atoms with van der Waals surface area (Å²) in [4.78, 5) is 11.5. The lowest BCUT2D eigenvalue weighted by molar-refractivity contribution is -0.163. The Morgan fingerprint density at radius 2 is 2.05 bits per heavy atom.